The highest BCUT2D eigenvalue weighted by Crippen LogP contribution is 2.37. The van der Waals surface area contributed by atoms with Gasteiger partial charge in [-0.15, -0.1) is 0 Å². The Morgan fingerprint density at radius 2 is 1.86 bits per heavy atom. The normalized spacial score (nSPS) is 14.1. The number of amides is 1. The molecule has 28 heavy (non-hydrogen) atoms. The van der Waals surface area contributed by atoms with Gasteiger partial charge in [0.25, 0.3) is 5.91 Å². The van der Waals surface area contributed by atoms with Crippen molar-refractivity contribution in [3.05, 3.63) is 71.4 Å². The minimum absolute atomic E-state index is 0.125. The van der Waals surface area contributed by atoms with Crippen molar-refractivity contribution in [2.45, 2.75) is 51.5 Å². The SMILES string of the molecule is CC(C)(C)c1ccc(Cn2nccc2NC(=O)c2ccnc(C3CC3)n2)cc1. The Hall–Kier alpha value is -3.02. The molecule has 0 saturated heterocycles. The van der Waals surface area contributed by atoms with E-state index in [1.54, 1.807) is 29.2 Å². The summed E-state index contributed by atoms with van der Waals surface area (Å²) in [5.41, 5.74) is 2.94. The molecule has 1 saturated carbocycles. The number of nitrogens with zero attached hydrogens (tertiary/aromatic N) is 4. The third-order valence-corrected chi connectivity index (χ3v) is 4.96. The number of carbonyl (C=O) groups excluding carboxylic acids is 1. The van der Waals surface area contributed by atoms with E-state index in [0.717, 1.165) is 24.2 Å². The van der Waals surface area contributed by atoms with Gasteiger partial charge >= 0.3 is 0 Å². The number of aromatic nitrogens is 4. The molecule has 0 unspecified atom stereocenters. The first-order valence-electron chi connectivity index (χ1n) is 9.66. The summed E-state index contributed by atoms with van der Waals surface area (Å²) in [5.74, 6) is 1.58. The van der Waals surface area contributed by atoms with E-state index in [-0.39, 0.29) is 11.3 Å². The number of benzene rings is 1. The summed E-state index contributed by atoms with van der Waals surface area (Å²) in [7, 11) is 0. The summed E-state index contributed by atoms with van der Waals surface area (Å²) < 4.78 is 1.78. The van der Waals surface area contributed by atoms with Crippen LogP contribution in [0.5, 0.6) is 0 Å². The number of hydrogen-bond acceptors (Lipinski definition) is 4. The van der Waals surface area contributed by atoms with E-state index in [4.69, 9.17) is 0 Å². The molecule has 1 aliphatic carbocycles. The van der Waals surface area contributed by atoms with E-state index in [9.17, 15) is 4.79 Å². The highest BCUT2D eigenvalue weighted by Gasteiger charge is 2.27. The first-order chi connectivity index (χ1) is 13.4. The molecule has 3 aromatic rings. The fourth-order valence-electron chi connectivity index (χ4n) is 3.07. The van der Waals surface area contributed by atoms with Crippen molar-refractivity contribution >= 4 is 11.7 Å². The van der Waals surface area contributed by atoms with Crippen LogP contribution in [0.2, 0.25) is 0 Å². The highest BCUT2D eigenvalue weighted by molar-refractivity contribution is 6.02. The van der Waals surface area contributed by atoms with Crippen LogP contribution in [0.25, 0.3) is 0 Å². The van der Waals surface area contributed by atoms with Crippen molar-refractivity contribution < 1.29 is 4.79 Å². The largest absolute Gasteiger partial charge is 0.305 e. The van der Waals surface area contributed by atoms with E-state index in [0.29, 0.717) is 24.0 Å². The first-order valence-corrected chi connectivity index (χ1v) is 9.66. The van der Waals surface area contributed by atoms with Crippen LogP contribution in [-0.4, -0.2) is 25.7 Å². The maximum absolute atomic E-state index is 12.6. The monoisotopic (exact) mass is 375 g/mol. The van der Waals surface area contributed by atoms with Crippen molar-refractivity contribution in [1.82, 2.24) is 19.7 Å². The predicted octanol–water partition coefficient (Wildman–Crippen LogP) is 4.15. The quantitative estimate of drug-likeness (QED) is 0.727. The summed E-state index contributed by atoms with van der Waals surface area (Å²) in [4.78, 5) is 21.3. The maximum Gasteiger partial charge on any atom is 0.275 e. The lowest BCUT2D eigenvalue weighted by Gasteiger charge is -2.19. The van der Waals surface area contributed by atoms with E-state index < -0.39 is 0 Å². The molecule has 1 amide bonds. The van der Waals surface area contributed by atoms with Crippen molar-refractivity contribution in [2.24, 2.45) is 0 Å². The molecule has 1 N–H and O–H groups in total. The lowest BCUT2D eigenvalue weighted by Crippen LogP contribution is -2.18. The van der Waals surface area contributed by atoms with Crippen LogP contribution in [-0.2, 0) is 12.0 Å². The van der Waals surface area contributed by atoms with Gasteiger partial charge in [-0.1, -0.05) is 45.0 Å². The second kappa shape index (κ2) is 7.19. The van der Waals surface area contributed by atoms with Crippen LogP contribution < -0.4 is 5.32 Å². The van der Waals surface area contributed by atoms with Gasteiger partial charge in [0.05, 0.1) is 12.7 Å². The lowest BCUT2D eigenvalue weighted by atomic mass is 9.87. The molecule has 1 aromatic carbocycles. The topological polar surface area (TPSA) is 72.7 Å². The molecule has 1 fully saturated rings. The number of carbonyl (C=O) groups is 1. The lowest BCUT2D eigenvalue weighted by molar-refractivity contribution is 0.102. The molecular formula is C22H25N5O. The molecule has 144 valence electrons. The van der Waals surface area contributed by atoms with Gasteiger partial charge in [0.1, 0.15) is 17.3 Å². The summed E-state index contributed by atoms with van der Waals surface area (Å²) >= 11 is 0. The van der Waals surface area contributed by atoms with Crippen LogP contribution >= 0.6 is 0 Å². The second-order valence-corrected chi connectivity index (χ2v) is 8.35. The van der Waals surface area contributed by atoms with Crippen LogP contribution in [0, 0.1) is 0 Å². The Kier molecular flexibility index (Phi) is 4.71. The molecule has 0 atom stereocenters. The van der Waals surface area contributed by atoms with Crippen molar-refractivity contribution in [2.75, 3.05) is 5.32 Å². The number of hydrogen-bond donors (Lipinski definition) is 1. The number of rotatable bonds is 5. The molecule has 0 bridgehead atoms. The second-order valence-electron chi connectivity index (χ2n) is 8.35. The number of anilines is 1. The van der Waals surface area contributed by atoms with Gasteiger partial charge in [0.15, 0.2) is 0 Å². The molecule has 1 aliphatic rings. The molecule has 6 heteroatoms. The fourth-order valence-corrected chi connectivity index (χ4v) is 3.07. The predicted molar refractivity (Wildman–Crippen MR) is 108 cm³/mol. The maximum atomic E-state index is 12.6. The fraction of sp³-hybridized carbons (Fsp3) is 0.364. The van der Waals surface area contributed by atoms with Crippen molar-refractivity contribution in [1.29, 1.82) is 0 Å². The Balaban J connectivity index is 1.47. The van der Waals surface area contributed by atoms with E-state index in [1.165, 1.54) is 5.56 Å². The van der Waals surface area contributed by atoms with Gasteiger partial charge in [-0.25, -0.2) is 14.6 Å². The van der Waals surface area contributed by atoms with E-state index in [2.05, 4.69) is 65.4 Å². The molecule has 0 radical (unpaired) electrons. The Bertz CT molecular complexity index is 981. The van der Waals surface area contributed by atoms with Gasteiger partial charge < -0.3 is 5.32 Å². The standard InChI is InChI=1S/C22H25N5O/c1-22(2,3)17-8-4-15(5-9-17)14-27-19(11-13-24-27)26-21(28)18-10-12-23-20(25-18)16-6-7-16/h4-5,8-13,16H,6-7,14H2,1-3H3,(H,26,28). The van der Waals surface area contributed by atoms with Crippen molar-refractivity contribution in [3.8, 4) is 0 Å². The average Bonchev–Trinajstić information content (AvgIpc) is 3.44. The molecular weight excluding hydrogens is 350 g/mol. The average molecular weight is 375 g/mol. The third-order valence-electron chi connectivity index (χ3n) is 4.96. The zero-order valence-electron chi connectivity index (χ0n) is 16.5. The Morgan fingerprint density at radius 3 is 2.54 bits per heavy atom. The zero-order chi connectivity index (χ0) is 19.7. The first kappa shape index (κ1) is 18.3. The molecule has 2 aromatic heterocycles. The summed E-state index contributed by atoms with van der Waals surface area (Å²) in [6.07, 6.45) is 5.55. The van der Waals surface area contributed by atoms with Gasteiger partial charge in [-0.2, -0.15) is 5.10 Å². The summed E-state index contributed by atoms with van der Waals surface area (Å²) in [6, 6.07) is 12.0. The summed E-state index contributed by atoms with van der Waals surface area (Å²) in [5, 5.41) is 7.27. The van der Waals surface area contributed by atoms with Gasteiger partial charge in [-0.3, -0.25) is 4.79 Å². The van der Waals surface area contributed by atoms with Gasteiger partial charge in [0, 0.05) is 18.2 Å². The highest BCUT2D eigenvalue weighted by atomic mass is 16.2. The summed E-state index contributed by atoms with van der Waals surface area (Å²) in [6.45, 7) is 7.19. The molecule has 0 aliphatic heterocycles. The number of nitrogens with one attached hydrogen (secondary N) is 1. The molecule has 4 rings (SSSR count). The van der Waals surface area contributed by atoms with Crippen LogP contribution in [0.1, 0.15) is 67.0 Å². The Labute approximate surface area is 165 Å². The third kappa shape index (κ3) is 4.11. The molecule has 0 spiro atoms. The van der Waals surface area contributed by atoms with Gasteiger partial charge in [-0.05, 0) is 35.4 Å². The molecule has 6 nitrogen and oxygen atoms in total. The van der Waals surface area contributed by atoms with E-state index >= 15 is 0 Å². The van der Waals surface area contributed by atoms with Crippen LogP contribution in [0.3, 0.4) is 0 Å². The minimum Gasteiger partial charge on any atom is -0.305 e. The van der Waals surface area contributed by atoms with Crippen LogP contribution in [0.4, 0.5) is 5.82 Å². The van der Waals surface area contributed by atoms with Gasteiger partial charge in [0.2, 0.25) is 0 Å². The minimum atomic E-state index is -0.242. The molecule has 2 heterocycles. The van der Waals surface area contributed by atoms with E-state index in [1.807, 2.05) is 0 Å². The Morgan fingerprint density at radius 1 is 1.11 bits per heavy atom. The van der Waals surface area contributed by atoms with Crippen molar-refractivity contribution in [3.63, 3.8) is 0 Å². The smallest absolute Gasteiger partial charge is 0.275 e. The van der Waals surface area contributed by atoms with Crippen LogP contribution in [0.15, 0.2) is 48.8 Å². The zero-order valence-corrected chi connectivity index (χ0v) is 16.5.